The molecule has 205 valence electrons. The summed E-state index contributed by atoms with van der Waals surface area (Å²) in [5.74, 6) is 1.05. The van der Waals surface area contributed by atoms with Crippen LogP contribution in [0.25, 0.3) is 11.6 Å². The molecule has 5 heteroatoms. The molecule has 40 heavy (non-hydrogen) atoms. The van der Waals surface area contributed by atoms with E-state index in [1.165, 1.54) is 39.0 Å². The van der Waals surface area contributed by atoms with Gasteiger partial charge in [-0.1, -0.05) is 0 Å². The molecule has 0 saturated heterocycles. The number of allylic oxidation sites excluding steroid dienone is 9. The zero-order valence-electron chi connectivity index (χ0n) is 23.6. The van der Waals surface area contributed by atoms with Crippen LogP contribution in [-0.2, 0) is 24.3 Å². The van der Waals surface area contributed by atoms with Crippen molar-refractivity contribution in [1.82, 2.24) is 0 Å². The van der Waals surface area contributed by atoms with E-state index < -0.39 is 18.9 Å². The van der Waals surface area contributed by atoms with E-state index in [1.54, 1.807) is 16.0 Å². The number of halogens is 2. The largest absolute Gasteiger partial charge is 0.147 e. The SMILES string of the molecule is CCC1=[C]([Zr]([CH3])([CH3])=[SiH2])C2=CC=CC(c3ccccc3)(C3C(c4ccc(OC)cc4)=Cc4ccccc43)C2=C1.Cl.Cl. The van der Waals surface area contributed by atoms with Crippen molar-refractivity contribution in [2.45, 2.75) is 33.9 Å². The molecule has 0 amide bonds. The summed E-state index contributed by atoms with van der Waals surface area (Å²) in [4.78, 5) is 0. The fraction of sp³-hybridized carbons (Fsp3) is 0.200. The number of hydrogen-bond donors (Lipinski definition) is 0. The van der Waals surface area contributed by atoms with Gasteiger partial charge in [-0.15, -0.1) is 24.8 Å². The molecule has 0 fully saturated rings. The fourth-order valence-electron chi connectivity index (χ4n) is 6.84. The third kappa shape index (κ3) is 4.94. The molecule has 2 atom stereocenters. The van der Waals surface area contributed by atoms with Crippen molar-refractivity contribution in [3.8, 4) is 5.75 Å². The summed E-state index contributed by atoms with van der Waals surface area (Å²) in [5, 5.41) is 0. The molecule has 6 rings (SSSR count). The molecule has 1 nitrogen and oxygen atoms in total. The molecule has 0 radical (unpaired) electrons. The number of rotatable bonds is 6. The van der Waals surface area contributed by atoms with Crippen molar-refractivity contribution in [2.75, 3.05) is 7.11 Å². The summed E-state index contributed by atoms with van der Waals surface area (Å²) in [5.41, 5.74) is 11.0. The first-order valence-corrected chi connectivity index (χ1v) is 25.7. The molecular formula is C35H37Cl2OSiZr. The van der Waals surface area contributed by atoms with Crippen molar-refractivity contribution in [1.29, 1.82) is 0 Å². The molecule has 0 heterocycles. The van der Waals surface area contributed by atoms with Gasteiger partial charge in [0.1, 0.15) is 0 Å². The predicted octanol–water partition coefficient (Wildman–Crippen LogP) is 9.01. The van der Waals surface area contributed by atoms with Crippen LogP contribution < -0.4 is 4.74 Å². The molecule has 2 unspecified atom stereocenters. The molecule has 0 aromatic heterocycles. The first-order chi connectivity index (χ1) is 18.4. The van der Waals surface area contributed by atoms with Crippen molar-refractivity contribution in [3.63, 3.8) is 0 Å². The van der Waals surface area contributed by atoms with Crippen LogP contribution in [0.3, 0.4) is 0 Å². The Bertz CT molecular complexity index is 1620. The summed E-state index contributed by atoms with van der Waals surface area (Å²) < 4.78 is 12.4. The van der Waals surface area contributed by atoms with Crippen LogP contribution in [0.4, 0.5) is 0 Å². The van der Waals surface area contributed by atoms with Crippen LogP contribution in [0.1, 0.15) is 41.5 Å². The third-order valence-electron chi connectivity index (χ3n) is 8.38. The van der Waals surface area contributed by atoms with E-state index >= 15 is 0 Å². The van der Waals surface area contributed by atoms with Gasteiger partial charge in [-0.25, -0.2) is 0 Å². The van der Waals surface area contributed by atoms with E-state index in [1.807, 2.05) is 0 Å². The predicted molar refractivity (Wildman–Crippen MR) is 176 cm³/mol. The number of ether oxygens (including phenoxy) is 1. The van der Waals surface area contributed by atoms with Crippen LogP contribution in [0.15, 0.2) is 123 Å². The summed E-state index contributed by atoms with van der Waals surface area (Å²) >= 11 is -2.40. The Hall–Kier alpha value is -2.16. The molecule has 3 aliphatic rings. The second-order valence-electron chi connectivity index (χ2n) is 11.3. The fourth-order valence-corrected chi connectivity index (χ4v) is 14.4. The van der Waals surface area contributed by atoms with E-state index in [4.69, 9.17) is 4.74 Å². The van der Waals surface area contributed by atoms with Gasteiger partial charge in [0.15, 0.2) is 0 Å². The van der Waals surface area contributed by atoms with Crippen molar-refractivity contribution in [2.24, 2.45) is 0 Å². The molecule has 0 N–H and O–H groups in total. The first kappa shape index (κ1) is 30.8. The summed E-state index contributed by atoms with van der Waals surface area (Å²) in [6, 6.07) is 28.8. The van der Waals surface area contributed by atoms with Gasteiger partial charge >= 0.3 is 234 Å². The average Bonchev–Trinajstić information content (AvgIpc) is 3.53. The van der Waals surface area contributed by atoms with Crippen molar-refractivity contribution >= 4 is 43.3 Å². The van der Waals surface area contributed by atoms with Crippen LogP contribution in [0, 0.1) is 0 Å². The minimum atomic E-state index is -2.40. The van der Waals surface area contributed by atoms with Gasteiger partial charge in [0.2, 0.25) is 0 Å². The van der Waals surface area contributed by atoms with Crippen molar-refractivity contribution < 1.29 is 23.6 Å². The maximum Gasteiger partial charge on any atom is -0.147 e. The van der Waals surface area contributed by atoms with Crippen LogP contribution in [-0.4, -0.2) is 14.0 Å². The third-order valence-corrected chi connectivity index (χ3v) is 15.3. The average molecular weight is 664 g/mol. The van der Waals surface area contributed by atoms with Gasteiger partial charge in [-0.3, -0.25) is 0 Å². The zero-order chi connectivity index (χ0) is 26.5. The van der Waals surface area contributed by atoms with Gasteiger partial charge in [-0.2, -0.15) is 0 Å². The van der Waals surface area contributed by atoms with Gasteiger partial charge in [0, 0.05) is 0 Å². The standard InChI is InChI=1S/C33H27O.2CH3.2ClH.H2Si.Zr/c1-3-23-20-26-11-9-19-33(31(26)21-23,27-12-5-4-6-13-27)32-29-14-8-7-10-25(29)22-30(32)24-15-17-28(34-2)18-16-24;;;;;;/h4-19,21-22,32H,3H2,1-2H3;2*1H3;2*1H;1H2;. The van der Waals surface area contributed by atoms with Crippen LogP contribution in [0.5, 0.6) is 5.75 Å². The molecule has 0 saturated carbocycles. The first-order valence-electron chi connectivity index (χ1n) is 13.6. The number of benzene rings is 3. The summed E-state index contributed by atoms with van der Waals surface area (Å²) in [7, 11) is 1.73. The van der Waals surface area contributed by atoms with E-state index in [-0.39, 0.29) is 36.1 Å². The Balaban J connectivity index is 0.00000185. The van der Waals surface area contributed by atoms with E-state index in [2.05, 4.69) is 132 Å². The van der Waals surface area contributed by atoms with E-state index in [0.717, 1.165) is 12.2 Å². The monoisotopic (exact) mass is 661 g/mol. The Kier molecular flexibility index (Phi) is 9.22. The van der Waals surface area contributed by atoms with Crippen LogP contribution in [0.2, 0.25) is 9.26 Å². The number of hydrogen-bond acceptors (Lipinski definition) is 1. The second kappa shape index (κ2) is 12.0. The van der Waals surface area contributed by atoms with Gasteiger partial charge < -0.3 is 0 Å². The van der Waals surface area contributed by atoms with Crippen LogP contribution >= 0.6 is 24.8 Å². The smallest absolute Gasteiger partial charge is 0.147 e. The minimum Gasteiger partial charge on any atom is -0.147 e. The van der Waals surface area contributed by atoms with Gasteiger partial charge in [-0.05, 0) is 0 Å². The summed E-state index contributed by atoms with van der Waals surface area (Å²) in [6.07, 6.45) is 13.4. The zero-order valence-corrected chi connectivity index (χ0v) is 29.1. The Morgan fingerprint density at radius 1 is 0.875 bits per heavy atom. The molecule has 0 bridgehead atoms. The van der Waals surface area contributed by atoms with Gasteiger partial charge in [0.05, 0.1) is 0 Å². The minimum absolute atomic E-state index is 0. The normalized spacial score (nSPS) is 20.9. The maximum absolute atomic E-state index is 5.50. The molecule has 0 aliphatic heterocycles. The molecule has 3 aromatic carbocycles. The molecule has 3 aromatic rings. The van der Waals surface area contributed by atoms with E-state index in [0.29, 0.717) is 0 Å². The maximum atomic E-state index is 5.50. The summed E-state index contributed by atoms with van der Waals surface area (Å²) in [6.45, 7) is 4.64. The van der Waals surface area contributed by atoms with Crippen molar-refractivity contribution in [3.05, 3.63) is 145 Å². The molecule has 0 spiro atoms. The Morgan fingerprint density at radius 3 is 2.20 bits per heavy atom. The molecule has 3 aliphatic carbocycles. The Morgan fingerprint density at radius 2 is 1.55 bits per heavy atom. The number of fused-ring (bicyclic) bond motifs is 2. The topological polar surface area (TPSA) is 9.23 Å². The Labute approximate surface area is 257 Å². The number of methoxy groups -OCH3 is 1. The second-order valence-corrected chi connectivity index (χ2v) is 32.2. The van der Waals surface area contributed by atoms with E-state index in [9.17, 15) is 0 Å². The molecular weight excluding hydrogens is 627 g/mol. The van der Waals surface area contributed by atoms with Gasteiger partial charge in [0.25, 0.3) is 0 Å². The quantitative estimate of drug-likeness (QED) is 0.239.